The number of carbonyl (C=O) groups is 1. The van der Waals surface area contributed by atoms with E-state index < -0.39 is 16.8 Å². The van der Waals surface area contributed by atoms with Crippen LogP contribution < -0.4 is 4.74 Å². The molecule has 1 unspecified atom stereocenters. The van der Waals surface area contributed by atoms with Gasteiger partial charge < -0.3 is 14.9 Å². The average Bonchev–Trinajstić information content (AvgIpc) is 2.54. The van der Waals surface area contributed by atoms with Gasteiger partial charge >= 0.3 is 5.97 Å². The van der Waals surface area contributed by atoms with Gasteiger partial charge in [-0.2, -0.15) is 0 Å². The third-order valence-corrected chi connectivity index (χ3v) is 3.77. The lowest BCUT2D eigenvalue weighted by Gasteiger charge is -2.15. The maximum atomic E-state index is 11.6. The molecule has 2 N–H and O–H groups in total. The van der Waals surface area contributed by atoms with Gasteiger partial charge in [0.05, 0.1) is 24.0 Å². The molecule has 0 heterocycles. The Labute approximate surface area is 138 Å². The van der Waals surface area contributed by atoms with Crippen molar-refractivity contribution < 1.29 is 24.7 Å². The molecule has 24 heavy (non-hydrogen) atoms. The van der Waals surface area contributed by atoms with Crippen LogP contribution in [0.1, 0.15) is 22.6 Å². The molecule has 7 heteroatoms. The number of phenolic OH excluding ortho intramolecular Hbond substituents is 1. The van der Waals surface area contributed by atoms with E-state index in [0.717, 1.165) is 11.6 Å². The second-order valence-corrected chi connectivity index (χ2v) is 5.42. The van der Waals surface area contributed by atoms with E-state index in [1.807, 2.05) is 6.92 Å². The van der Waals surface area contributed by atoms with Crippen molar-refractivity contribution in [2.24, 2.45) is 0 Å². The van der Waals surface area contributed by atoms with Crippen molar-refractivity contribution in [2.45, 2.75) is 19.3 Å². The van der Waals surface area contributed by atoms with Crippen molar-refractivity contribution in [3.05, 3.63) is 63.2 Å². The molecule has 2 aromatic rings. The number of aryl methyl sites for hydroxylation is 1. The van der Waals surface area contributed by atoms with Crippen LogP contribution in [-0.4, -0.2) is 28.2 Å². The molecule has 126 valence electrons. The quantitative estimate of drug-likeness (QED) is 0.622. The number of phenols is 1. The summed E-state index contributed by atoms with van der Waals surface area (Å²) < 4.78 is 4.94. The number of carboxylic acid groups (broad SMARTS) is 1. The number of hydrogen-bond acceptors (Lipinski definition) is 5. The van der Waals surface area contributed by atoms with Gasteiger partial charge in [0.1, 0.15) is 0 Å². The largest absolute Gasteiger partial charge is 0.504 e. The van der Waals surface area contributed by atoms with Gasteiger partial charge in [-0.25, -0.2) is 0 Å². The molecule has 0 radical (unpaired) electrons. The Hall–Kier alpha value is -3.09. The van der Waals surface area contributed by atoms with Crippen molar-refractivity contribution in [3.8, 4) is 11.5 Å². The molecular formula is C17H17NO6. The first-order chi connectivity index (χ1) is 11.3. The Bertz CT molecular complexity index is 769. The fourth-order valence-electron chi connectivity index (χ4n) is 2.43. The summed E-state index contributed by atoms with van der Waals surface area (Å²) in [5.41, 5.74) is 1.42. The second-order valence-electron chi connectivity index (χ2n) is 5.42. The minimum atomic E-state index is -1.08. The van der Waals surface area contributed by atoms with Crippen molar-refractivity contribution in [2.75, 3.05) is 7.11 Å². The molecule has 0 aromatic heterocycles. The van der Waals surface area contributed by atoms with Gasteiger partial charge in [0, 0.05) is 11.6 Å². The Morgan fingerprint density at radius 2 is 1.92 bits per heavy atom. The number of nitrogens with zero attached hydrogens (tertiary/aromatic N) is 1. The number of aromatic hydroxyl groups is 1. The van der Waals surface area contributed by atoms with Crippen molar-refractivity contribution in [1.29, 1.82) is 0 Å². The Morgan fingerprint density at radius 3 is 2.42 bits per heavy atom. The van der Waals surface area contributed by atoms with E-state index in [2.05, 4.69) is 0 Å². The maximum absolute atomic E-state index is 11.6. The zero-order valence-electron chi connectivity index (χ0n) is 13.2. The van der Waals surface area contributed by atoms with Crippen LogP contribution in [0.25, 0.3) is 0 Å². The number of ether oxygens (including phenoxy) is 1. The maximum Gasteiger partial charge on any atom is 0.311 e. The first kappa shape index (κ1) is 17.3. The minimum Gasteiger partial charge on any atom is -0.504 e. The van der Waals surface area contributed by atoms with E-state index in [9.17, 15) is 25.1 Å². The van der Waals surface area contributed by atoms with Crippen LogP contribution in [0.3, 0.4) is 0 Å². The first-order valence-electron chi connectivity index (χ1n) is 7.17. The Balaban J connectivity index is 2.46. The number of carboxylic acids is 1. The molecule has 0 bridgehead atoms. The van der Waals surface area contributed by atoms with Crippen LogP contribution in [0.5, 0.6) is 11.5 Å². The molecule has 0 fully saturated rings. The number of rotatable bonds is 6. The lowest BCUT2D eigenvalue weighted by Crippen LogP contribution is -2.15. The fraction of sp³-hybridized carbons (Fsp3) is 0.235. The molecule has 0 aliphatic heterocycles. The van der Waals surface area contributed by atoms with Crippen molar-refractivity contribution >= 4 is 11.7 Å². The summed E-state index contributed by atoms with van der Waals surface area (Å²) in [6.07, 6.45) is -0.0950. The summed E-state index contributed by atoms with van der Waals surface area (Å²) in [5, 5.41) is 30.7. The molecule has 0 amide bonds. The molecule has 7 nitrogen and oxygen atoms in total. The van der Waals surface area contributed by atoms with Crippen LogP contribution in [0, 0.1) is 17.0 Å². The number of nitro groups is 1. The van der Waals surface area contributed by atoms with E-state index in [1.165, 1.54) is 13.2 Å². The predicted molar refractivity (Wildman–Crippen MR) is 86.6 cm³/mol. The third-order valence-electron chi connectivity index (χ3n) is 3.77. The van der Waals surface area contributed by atoms with Crippen LogP contribution in [0.4, 0.5) is 5.69 Å². The van der Waals surface area contributed by atoms with Crippen LogP contribution in [0.2, 0.25) is 0 Å². The van der Waals surface area contributed by atoms with Crippen LogP contribution >= 0.6 is 0 Å². The van der Waals surface area contributed by atoms with Crippen molar-refractivity contribution in [3.63, 3.8) is 0 Å². The SMILES string of the molecule is COc1cc([N+](=O)[O-])cc(CC(C(=O)O)c2ccc(C)cc2)c1O. The van der Waals surface area contributed by atoms with Gasteiger partial charge in [-0.3, -0.25) is 14.9 Å². The average molecular weight is 331 g/mol. The van der Waals surface area contributed by atoms with E-state index in [4.69, 9.17) is 4.74 Å². The summed E-state index contributed by atoms with van der Waals surface area (Å²) in [7, 11) is 1.28. The summed E-state index contributed by atoms with van der Waals surface area (Å²) in [6, 6.07) is 9.24. The highest BCUT2D eigenvalue weighted by Crippen LogP contribution is 2.37. The Kier molecular flexibility index (Phi) is 5.03. The number of benzene rings is 2. The first-order valence-corrected chi connectivity index (χ1v) is 7.17. The number of non-ortho nitro benzene ring substituents is 1. The van der Waals surface area contributed by atoms with Crippen LogP contribution in [-0.2, 0) is 11.2 Å². The zero-order chi connectivity index (χ0) is 17.9. The standard InChI is InChI=1S/C17H17NO6/c1-10-3-5-11(6-4-10)14(17(20)21)8-12-7-13(18(22)23)9-15(24-2)16(12)19/h3-7,9,14,19H,8H2,1-2H3,(H,20,21). The third kappa shape index (κ3) is 3.62. The van der Waals surface area contributed by atoms with Gasteiger partial charge in [0.15, 0.2) is 11.5 Å². The smallest absolute Gasteiger partial charge is 0.311 e. The highest BCUT2D eigenvalue weighted by Gasteiger charge is 2.25. The van der Waals surface area contributed by atoms with Crippen LogP contribution in [0.15, 0.2) is 36.4 Å². The predicted octanol–water partition coefficient (Wildman–Crippen LogP) is 3.03. The fourth-order valence-corrected chi connectivity index (χ4v) is 2.43. The normalized spacial score (nSPS) is 11.8. The van der Waals surface area contributed by atoms with E-state index in [1.54, 1.807) is 24.3 Å². The molecule has 0 aliphatic rings. The number of methoxy groups -OCH3 is 1. The molecule has 0 aliphatic carbocycles. The lowest BCUT2D eigenvalue weighted by atomic mass is 9.91. The Morgan fingerprint density at radius 1 is 1.29 bits per heavy atom. The topological polar surface area (TPSA) is 110 Å². The molecule has 0 saturated heterocycles. The molecule has 0 spiro atoms. The molecule has 0 saturated carbocycles. The second kappa shape index (κ2) is 6.99. The number of aliphatic carboxylic acids is 1. The zero-order valence-corrected chi connectivity index (χ0v) is 13.2. The highest BCUT2D eigenvalue weighted by atomic mass is 16.6. The number of nitro benzene ring substituents is 1. The van der Waals surface area contributed by atoms with Gasteiger partial charge in [-0.15, -0.1) is 0 Å². The van der Waals surface area contributed by atoms with Gasteiger partial charge in [0.2, 0.25) is 0 Å². The molecular weight excluding hydrogens is 314 g/mol. The monoisotopic (exact) mass is 331 g/mol. The molecule has 2 rings (SSSR count). The number of hydrogen-bond donors (Lipinski definition) is 2. The van der Waals surface area contributed by atoms with E-state index in [-0.39, 0.29) is 29.2 Å². The summed E-state index contributed by atoms with van der Waals surface area (Å²) in [4.78, 5) is 22.0. The summed E-state index contributed by atoms with van der Waals surface area (Å²) in [5.74, 6) is -2.37. The molecule has 1 atom stereocenters. The van der Waals surface area contributed by atoms with Gasteiger partial charge in [-0.1, -0.05) is 29.8 Å². The van der Waals surface area contributed by atoms with Crippen molar-refractivity contribution in [1.82, 2.24) is 0 Å². The minimum absolute atomic E-state index is 0.0627. The molecule has 2 aromatic carbocycles. The summed E-state index contributed by atoms with van der Waals surface area (Å²) in [6.45, 7) is 1.89. The van der Waals surface area contributed by atoms with Gasteiger partial charge in [0.25, 0.3) is 5.69 Å². The van der Waals surface area contributed by atoms with E-state index in [0.29, 0.717) is 5.56 Å². The van der Waals surface area contributed by atoms with E-state index >= 15 is 0 Å². The lowest BCUT2D eigenvalue weighted by molar-refractivity contribution is -0.385. The summed E-state index contributed by atoms with van der Waals surface area (Å²) >= 11 is 0. The highest BCUT2D eigenvalue weighted by molar-refractivity contribution is 5.77. The van der Waals surface area contributed by atoms with Gasteiger partial charge in [-0.05, 0) is 18.9 Å².